The summed E-state index contributed by atoms with van der Waals surface area (Å²) in [7, 11) is 0. The Bertz CT molecular complexity index is 593. The lowest BCUT2D eigenvalue weighted by molar-refractivity contribution is 0.699. The average molecular weight is 435 g/mol. The van der Waals surface area contributed by atoms with Gasteiger partial charge in [0.05, 0.1) is 6.54 Å². The van der Waals surface area contributed by atoms with E-state index in [-0.39, 0.29) is 24.0 Å². The number of hydrogen-bond acceptors (Lipinski definition) is 3. The van der Waals surface area contributed by atoms with Gasteiger partial charge < -0.3 is 15.6 Å². The third-order valence-electron chi connectivity index (χ3n) is 2.98. The third-order valence-corrected chi connectivity index (χ3v) is 3.48. The first-order valence-corrected chi connectivity index (χ1v) is 6.90. The van der Waals surface area contributed by atoms with Crippen molar-refractivity contribution in [2.24, 2.45) is 4.99 Å². The van der Waals surface area contributed by atoms with Crippen LogP contribution in [0.25, 0.3) is 10.9 Å². The molecule has 2 aromatic rings. The van der Waals surface area contributed by atoms with Crippen molar-refractivity contribution in [2.45, 2.75) is 13.0 Å². The van der Waals surface area contributed by atoms with Crippen LogP contribution in [0.1, 0.15) is 12.1 Å². The highest BCUT2D eigenvalue weighted by Gasteiger charge is 2.05. The molecule has 0 saturated heterocycles. The van der Waals surface area contributed by atoms with Crippen LogP contribution in [-0.2, 0) is 6.54 Å². The lowest BCUT2D eigenvalue weighted by Gasteiger charge is -2.15. The summed E-state index contributed by atoms with van der Waals surface area (Å²) in [6.07, 6.45) is 1.12. The molecule has 102 valence electrons. The van der Waals surface area contributed by atoms with Crippen LogP contribution in [0.15, 0.2) is 33.7 Å². The summed E-state index contributed by atoms with van der Waals surface area (Å²) in [4.78, 5) is 7.78. The van der Waals surface area contributed by atoms with E-state index >= 15 is 0 Å². The molecule has 1 aliphatic heterocycles. The quantitative estimate of drug-likeness (QED) is 0.636. The van der Waals surface area contributed by atoms with Crippen molar-refractivity contribution in [3.05, 3.63) is 34.4 Å². The third kappa shape index (κ3) is 3.62. The summed E-state index contributed by atoms with van der Waals surface area (Å²) < 4.78 is 1.10. The number of fused-ring (bicyclic) bond motifs is 1. The van der Waals surface area contributed by atoms with Gasteiger partial charge in [0.2, 0.25) is 0 Å². The highest BCUT2D eigenvalue weighted by Crippen LogP contribution is 2.20. The molecule has 19 heavy (non-hydrogen) atoms. The lowest BCUT2D eigenvalue weighted by Crippen LogP contribution is -2.40. The molecule has 2 heterocycles. The minimum Gasteiger partial charge on any atom is -0.357 e. The lowest BCUT2D eigenvalue weighted by atomic mass is 10.2. The van der Waals surface area contributed by atoms with E-state index in [0.29, 0.717) is 0 Å². The normalized spacial score (nSPS) is 14.5. The predicted molar refractivity (Wildman–Crippen MR) is 93.2 cm³/mol. The van der Waals surface area contributed by atoms with Crippen molar-refractivity contribution in [3.8, 4) is 0 Å². The molecule has 6 heteroatoms. The number of aromatic nitrogens is 1. The standard InChI is InChI=1S/C13H15BrN4.HI/c14-10-2-3-12-9(6-10)7-11(18-12)8-17-13-15-4-1-5-16-13;/h2-3,6-7,18H,1,4-5,8H2,(H2,15,16,17);1H. The number of aliphatic imine (C=N–C) groups is 1. The fourth-order valence-electron chi connectivity index (χ4n) is 2.09. The Morgan fingerprint density at radius 1 is 1.32 bits per heavy atom. The van der Waals surface area contributed by atoms with E-state index in [0.717, 1.165) is 47.7 Å². The van der Waals surface area contributed by atoms with E-state index < -0.39 is 0 Å². The molecule has 4 nitrogen and oxygen atoms in total. The molecular formula is C13H16BrIN4. The van der Waals surface area contributed by atoms with Gasteiger partial charge in [-0.1, -0.05) is 15.9 Å². The van der Waals surface area contributed by atoms with Crippen molar-refractivity contribution < 1.29 is 0 Å². The zero-order chi connectivity index (χ0) is 12.4. The summed E-state index contributed by atoms with van der Waals surface area (Å²) in [6, 6.07) is 8.41. The monoisotopic (exact) mass is 434 g/mol. The fraction of sp³-hybridized carbons (Fsp3) is 0.308. The van der Waals surface area contributed by atoms with E-state index in [2.05, 4.69) is 54.7 Å². The molecular weight excluding hydrogens is 419 g/mol. The van der Waals surface area contributed by atoms with Gasteiger partial charge in [-0.05, 0) is 30.7 Å². The number of nitrogens with zero attached hydrogens (tertiary/aromatic N) is 1. The van der Waals surface area contributed by atoms with Crippen LogP contribution in [-0.4, -0.2) is 24.0 Å². The van der Waals surface area contributed by atoms with E-state index in [9.17, 15) is 0 Å². The second kappa shape index (κ2) is 6.60. The van der Waals surface area contributed by atoms with Crippen molar-refractivity contribution in [1.82, 2.24) is 15.6 Å². The Morgan fingerprint density at radius 3 is 3.00 bits per heavy atom. The summed E-state index contributed by atoms with van der Waals surface area (Å²) in [5.74, 6) is 0.904. The maximum absolute atomic E-state index is 4.39. The molecule has 0 bridgehead atoms. The Kier molecular flexibility index (Phi) is 5.09. The van der Waals surface area contributed by atoms with Gasteiger partial charge in [0.1, 0.15) is 0 Å². The molecule has 0 amide bonds. The maximum Gasteiger partial charge on any atom is 0.191 e. The van der Waals surface area contributed by atoms with Crippen LogP contribution in [0.3, 0.4) is 0 Å². The number of H-pyrrole nitrogens is 1. The van der Waals surface area contributed by atoms with Gasteiger partial charge in [-0.3, -0.25) is 4.99 Å². The van der Waals surface area contributed by atoms with Crippen LogP contribution in [0.5, 0.6) is 0 Å². The number of rotatable bonds is 2. The Hall–Kier alpha value is -0.760. The van der Waals surface area contributed by atoms with Crippen LogP contribution in [0.2, 0.25) is 0 Å². The molecule has 0 atom stereocenters. The number of aromatic amines is 1. The van der Waals surface area contributed by atoms with Crippen LogP contribution < -0.4 is 10.6 Å². The molecule has 0 spiro atoms. The van der Waals surface area contributed by atoms with E-state index in [4.69, 9.17) is 0 Å². The van der Waals surface area contributed by atoms with Gasteiger partial charge in [-0.2, -0.15) is 0 Å². The minimum atomic E-state index is 0. The van der Waals surface area contributed by atoms with E-state index in [1.165, 1.54) is 5.39 Å². The van der Waals surface area contributed by atoms with E-state index in [1.807, 2.05) is 6.07 Å². The van der Waals surface area contributed by atoms with Crippen LogP contribution in [0.4, 0.5) is 0 Å². The number of guanidine groups is 1. The highest BCUT2D eigenvalue weighted by molar-refractivity contribution is 14.0. The van der Waals surface area contributed by atoms with Gasteiger partial charge in [-0.15, -0.1) is 24.0 Å². The van der Waals surface area contributed by atoms with Gasteiger partial charge in [0.15, 0.2) is 5.96 Å². The van der Waals surface area contributed by atoms with Gasteiger partial charge >= 0.3 is 0 Å². The molecule has 0 radical (unpaired) electrons. The molecule has 1 aromatic heterocycles. The van der Waals surface area contributed by atoms with Gasteiger partial charge in [0.25, 0.3) is 0 Å². The van der Waals surface area contributed by atoms with Crippen LogP contribution in [0, 0.1) is 0 Å². The Balaban J connectivity index is 0.00000133. The summed E-state index contributed by atoms with van der Waals surface area (Å²) in [5, 5.41) is 7.78. The predicted octanol–water partition coefficient (Wildman–Crippen LogP) is 2.99. The first-order chi connectivity index (χ1) is 8.81. The SMILES string of the molecule is Brc1ccc2[nH]c(CNC3=NCCCN3)cc2c1.I. The fourth-order valence-corrected chi connectivity index (χ4v) is 2.47. The maximum atomic E-state index is 4.39. The highest BCUT2D eigenvalue weighted by atomic mass is 127. The Labute approximate surface area is 137 Å². The zero-order valence-corrected chi connectivity index (χ0v) is 14.3. The topological polar surface area (TPSA) is 52.2 Å². The smallest absolute Gasteiger partial charge is 0.191 e. The molecule has 0 fully saturated rings. The second-order valence-corrected chi connectivity index (χ2v) is 5.31. The van der Waals surface area contributed by atoms with Crippen molar-refractivity contribution in [3.63, 3.8) is 0 Å². The first-order valence-electron chi connectivity index (χ1n) is 6.10. The average Bonchev–Trinajstić information content (AvgIpc) is 2.79. The largest absolute Gasteiger partial charge is 0.357 e. The summed E-state index contributed by atoms with van der Waals surface area (Å²) >= 11 is 3.48. The number of nitrogens with one attached hydrogen (secondary N) is 3. The number of hydrogen-bond donors (Lipinski definition) is 3. The number of halogens is 2. The van der Waals surface area contributed by atoms with Crippen molar-refractivity contribution >= 4 is 56.8 Å². The Morgan fingerprint density at radius 2 is 2.21 bits per heavy atom. The molecule has 3 N–H and O–H groups in total. The molecule has 1 aliphatic rings. The van der Waals surface area contributed by atoms with Crippen molar-refractivity contribution in [1.29, 1.82) is 0 Å². The van der Waals surface area contributed by atoms with E-state index in [1.54, 1.807) is 0 Å². The molecule has 0 saturated carbocycles. The molecule has 0 unspecified atom stereocenters. The zero-order valence-electron chi connectivity index (χ0n) is 10.4. The van der Waals surface area contributed by atoms with Crippen molar-refractivity contribution in [2.75, 3.05) is 13.1 Å². The molecule has 3 rings (SSSR count). The van der Waals surface area contributed by atoms with Gasteiger partial charge in [0, 0.05) is 34.2 Å². The summed E-state index contributed by atoms with van der Waals surface area (Å²) in [5.41, 5.74) is 2.33. The second-order valence-electron chi connectivity index (χ2n) is 4.39. The first kappa shape index (κ1) is 14.6. The van der Waals surface area contributed by atoms with Crippen LogP contribution >= 0.6 is 39.9 Å². The number of benzene rings is 1. The molecule has 0 aliphatic carbocycles. The summed E-state index contributed by atoms with van der Waals surface area (Å²) in [6.45, 7) is 2.68. The minimum absolute atomic E-state index is 0. The molecule has 1 aromatic carbocycles. The van der Waals surface area contributed by atoms with Gasteiger partial charge in [-0.25, -0.2) is 0 Å².